The fraction of sp³-hybridized carbons (Fsp3) is 1.00. The van der Waals surface area contributed by atoms with Crippen molar-refractivity contribution in [3.63, 3.8) is 0 Å². The fourth-order valence-electron chi connectivity index (χ4n) is 0. The van der Waals surface area contributed by atoms with E-state index in [-0.39, 0.29) is 12.1 Å². The second kappa shape index (κ2) is 15.7. The summed E-state index contributed by atoms with van der Waals surface area (Å²) >= 11 is 0. The van der Waals surface area contributed by atoms with Gasteiger partial charge in [-0.05, 0) is 21.1 Å². The van der Waals surface area contributed by atoms with Crippen molar-refractivity contribution in [3.8, 4) is 0 Å². The first-order valence-electron chi connectivity index (χ1n) is 2.57. The second-order valence-electron chi connectivity index (χ2n) is 1.85. The molecule has 0 aromatic carbocycles. The van der Waals surface area contributed by atoms with Crippen LogP contribution in [0.3, 0.4) is 0 Å². The molecule has 0 aromatic rings. The number of nitrogens with two attached hydrogens (primary N) is 1. The van der Waals surface area contributed by atoms with Gasteiger partial charge >= 0.3 is 0 Å². The Hall–Kier alpha value is -0.160. The zero-order valence-corrected chi connectivity index (χ0v) is 6.39. The van der Waals surface area contributed by atoms with Gasteiger partial charge in [0.25, 0.3) is 0 Å². The van der Waals surface area contributed by atoms with Gasteiger partial charge in [-0.15, -0.1) is 0 Å². The van der Waals surface area contributed by atoms with E-state index in [9.17, 15) is 0 Å². The maximum atomic E-state index is 7.75. The Labute approximate surface area is 56.6 Å². The lowest BCUT2D eigenvalue weighted by Crippen LogP contribution is -2.02. The summed E-state index contributed by atoms with van der Waals surface area (Å²) in [5, 5.41) is 7.75. The molecule has 0 aliphatic heterocycles. The van der Waals surface area contributed by atoms with Crippen LogP contribution in [0.1, 0.15) is 0 Å². The molecule has 5 N–H and O–H groups in total. The molecule has 0 saturated heterocycles. The molecule has 0 unspecified atom stereocenters. The minimum Gasteiger partial charge on any atom is -0.412 e. The van der Waals surface area contributed by atoms with Gasteiger partial charge in [-0.3, -0.25) is 0 Å². The third-order valence-electron chi connectivity index (χ3n) is 0.129. The first-order valence-corrected chi connectivity index (χ1v) is 2.57. The van der Waals surface area contributed by atoms with Crippen LogP contribution in [0.25, 0.3) is 0 Å². The zero-order chi connectivity index (χ0) is 6.99. The highest BCUT2D eigenvalue weighted by atomic mass is 16.3. The summed E-state index contributed by atoms with van der Waals surface area (Å²) < 4.78 is 0. The highest BCUT2D eigenvalue weighted by Crippen LogP contribution is 1.47. The van der Waals surface area contributed by atoms with Crippen LogP contribution in [0.2, 0.25) is 0 Å². The van der Waals surface area contributed by atoms with Gasteiger partial charge in [0.2, 0.25) is 0 Å². The van der Waals surface area contributed by atoms with Crippen LogP contribution in [-0.2, 0) is 0 Å². The molecule has 0 rings (SSSR count). The van der Waals surface area contributed by atoms with E-state index < -0.39 is 0 Å². The van der Waals surface area contributed by atoms with Crippen molar-refractivity contribution in [2.45, 2.75) is 0 Å². The molecule has 0 atom stereocenters. The van der Waals surface area contributed by atoms with Crippen molar-refractivity contribution in [2.75, 3.05) is 34.3 Å². The fourth-order valence-corrected chi connectivity index (χ4v) is 0. The number of nitrogens with zero attached hydrogens (tertiary/aromatic N) is 1. The van der Waals surface area contributed by atoms with Crippen LogP contribution in [0, 0.1) is 0 Å². The lowest BCUT2D eigenvalue weighted by Gasteiger charge is -1.90. The van der Waals surface area contributed by atoms with Gasteiger partial charge in [0.1, 0.15) is 0 Å². The van der Waals surface area contributed by atoms with Crippen LogP contribution >= 0.6 is 0 Å². The van der Waals surface area contributed by atoms with Crippen LogP contribution in [0.5, 0.6) is 0 Å². The molecule has 4 nitrogen and oxygen atoms in total. The summed E-state index contributed by atoms with van der Waals surface area (Å²) in [6.45, 7) is 0.472. The SMILES string of the molecule is CN(C)C.NCCO.O. The molecule has 0 aliphatic rings. The van der Waals surface area contributed by atoms with Gasteiger partial charge < -0.3 is 21.2 Å². The standard InChI is InChI=1S/C3H9N.C2H7NO.H2O/c1-4(2)3;3-1-2-4;/h1-3H3;4H,1-3H2;1H2. The second-order valence-corrected chi connectivity index (χ2v) is 1.85. The van der Waals surface area contributed by atoms with E-state index in [0.717, 1.165) is 0 Å². The predicted molar refractivity (Wildman–Crippen MR) is 39.4 cm³/mol. The van der Waals surface area contributed by atoms with E-state index in [1.165, 1.54) is 0 Å². The van der Waals surface area contributed by atoms with Crippen LogP contribution in [0.15, 0.2) is 0 Å². The molecule has 0 heterocycles. The molecule has 0 saturated carbocycles. The molecule has 4 heteroatoms. The Morgan fingerprint density at radius 1 is 1.33 bits per heavy atom. The topological polar surface area (TPSA) is 81.0 Å². The van der Waals surface area contributed by atoms with Crippen molar-refractivity contribution >= 4 is 0 Å². The number of rotatable bonds is 1. The first-order chi connectivity index (χ1) is 3.65. The normalized spacial score (nSPS) is 7.33. The lowest BCUT2D eigenvalue weighted by molar-refractivity contribution is 0.306. The Balaban J connectivity index is -0.0000000720. The molecular formula is C5H18N2O2. The molecule has 0 aromatic heterocycles. The zero-order valence-electron chi connectivity index (χ0n) is 6.39. The van der Waals surface area contributed by atoms with Crippen molar-refractivity contribution in [1.82, 2.24) is 4.90 Å². The van der Waals surface area contributed by atoms with Crippen molar-refractivity contribution in [3.05, 3.63) is 0 Å². The number of aliphatic hydroxyl groups excluding tert-OH is 1. The Kier molecular flexibility index (Phi) is 27.7. The highest BCUT2D eigenvalue weighted by molar-refractivity contribution is 4.17. The van der Waals surface area contributed by atoms with Gasteiger partial charge in [0.15, 0.2) is 0 Å². The monoisotopic (exact) mass is 138 g/mol. The van der Waals surface area contributed by atoms with E-state index in [1.54, 1.807) is 0 Å². The maximum Gasteiger partial charge on any atom is 0.0553 e. The van der Waals surface area contributed by atoms with E-state index in [0.29, 0.717) is 6.54 Å². The largest absolute Gasteiger partial charge is 0.412 e. The van der Waals surface area contributed by atoms with E-state index in [2.05, 4.69) is 0 Å². The molecule has 60 valence electrons. The molecule has 0 amide bonds. The van der Waals surface area contributed by atoms with Gasteiger partial charge in [0.05, 0.1) is 6.61 Å². The first kappa shape index (κ1) is 15.9. The highest BCUT2D eigenvalue weighted by Gasteiger charge is 1.58. The predicted octanol–water partition coefficient (Wildman–Crippen LogP) is -1.71. The summed E-state index contributed by atoms with van der Waals surface area (Å²) in [5.74, 6) is 0. The molecule has 9 heavy (non-hydrogen) atoms. The summed E-state index contributed by atoms with van der Waals surface area (Å²) in [4.78, 5) is 2.00. The van der Waals surface area contributed by atoms with Crippen molar-refractivity contribution in [1.29, 1.82) is 0 Å². The Morgan fingerprint density at radius 3 is 1.44 bits per heavy atom. The molecule has 0 bridgehead atoms. The summed E-state index contributed by atoms with van der Waals surface area (Å²) in [6.07, 6.45) is 0. The molecule has 0 aliphatic carbocycles. The Bertz CT molecular complexity index is 29.4. The van der Waals surface area contributed by atoms with Gasteiger partial charge in [-0.1, -0.05) is 0 Å². The number of hydrogen-bond acceptors (Lipinski definition) is 3. The van der Waals surface area contributed by atoms with Gasteiger partial charge in [0, 0.05) is 6.54 Å². The minimum absolute atomic E-state index is 0. The quantitative estimate of drug-likeness (QED) is 0.453. The van der Waals surface area contributed by atoms with Crippen LogP contribution in [-0.4, -0.2) is 49.8 Å². The molecule has 0 spiro atoms. The third-order valence-corrected chi connectivity index (χ3v) is 0.129. The third kappa shape index (κ3) is 379. The average Bonchev–Trinajstić information content (AvgIpc) is 1.65. The average molecular weight is 138 g/mol. The molecule has 0 fully saturated rings. The maximum absolute atomic E-state index is 7.75. The Morgan fingerprint density at radius 2 is 1.44 bits per heavy atom. The van der Waals surface area contributed by atoms with Gasteiger partial charge in [-0.2, -0.15) is 0 Å². The van der Waals surface area contributed by atoms with Crippen molar-refractivity contribution < 1.29 is 10.6 Å². The van der Waals surface area contributed by atoms with E-state index in [4.69, 9.17) is 10.8 Å². The number of hydrogen-bond donors (Lipinski definition) is 2. The minimum atomic E-state index is 0. The van der Waals surface area contributed by atoms with Gasteiger partial charge in [-0.25, -0.2) is 0 Å². The smallest absolute Gasteiger partial charge is 0.0553 e. The lowest BCUT2D eigenvalue weighted by atomic mass is 10.8. The summed E-state index contributed by atoms with van der Waals surface area (Å²) in [6, 6.07) is 0. The molecule has 0 radical (unpaired) electrons. The van der Waals surface area contributed by atoms with Crippen molar-refractivity contribution in [2.24, 2.45) is 5.73 Å². The summed E-state index contributed by atoms with van der Waals surface area (Å²) in [7, 11) is 6.00. The van der Waals surface area contributed by atoms with E-state index in [1.807, 2.05) is 26.0 Å². The van der Waals surface area contributed by atoms with Crippen LogP contribution < -0.4 is 5.73 Å². The van der Waals surface area contributed by atoms with E-state index >= 15 is 0 Å². The summed E-state index contributed by atoms with van der Waals surface area (Å²) in [5.41, 5.74) is 4.78. The van der Waals surface area contributed by atoms with Crippen LogP contribution in [0.4, 0.5) is 0 Å². The number of aliphatic hydroxyl groups is 1. The molecular weight excluding hydrogens is 120 g/mol.